The van der Waals surface area contributed by atoms with Gasteiger partial charge in [0.2, 0.25) is 0 Å². The maximum atomic E-state index is 5.46. The van der Waals surface area contributed by atoms with Crippen molar-refractivity contribution in [1.29, 1.82) is 0 Å². The lowest BCUT2D eigenvalue weighted by Crippen LogP contribution is -1.97. The van der Waals surface area contributed by atoms with Gasteiger partial charge in [-0.15, -0.1) is 0 Å². The van der Waals surface area contributed by atoms with E-state index in [0.717, 1.165) is 11.3 Å². The maximum absolute atomic E-state index is 5.46. The van der Waals surface area contributed by atoms with Gasteiger partial charge >= 0.3 is 0 Å². The topological polar surface area (TPSA) is 18.5 Å². The van der Waals surface area contributed by atoms with Crippen LogP contribution in [0.1, 0.15) is 0 Å². The van der Waals surface area contributed by atoms with E-state index in [-0.39, 0.29) is 0 Å². The standard InChI is InChI=1S/C12H14O2/c1-11(8-9-13-2)10-14-12-6-4-3-5-7-12/h3-9H,1,10H2,2H3/b9-8+. The highest BCUT2D eigenvalue weighted by Crippen LogP contribution is 2.09. The highest BCUT2D eigenvalue weighted by Gasteiger charge is 1.92. The first-order chi connectivity index (χ1) is 6.83. The Morgan fingerprint density at radius 1 is 1.36 bits per heavy atom. The van der Waals surface area contributed by atoms with Crippen molar-refractivity contribution >= 4 is 0 Å². The fourth-order valence-corrected chi connectivity index (χ4v) is 0.905. The lowest BCUT2D eigenvalue weighted by molar-refractivity contribution is 0.333. The molecule has 0 aromatic heterocycles. The Labute approximate surface area is 84.5 Å². The van der Waals surface area contributed by atoms with Gasteiger partial charge in [0.1, 0.15) is 12.4 Å². The monoisotopic (exact) mass is 190 g/mol. The molecule has 14 heavy (non-hydrogen) atoms. The van der Waals surface area contributed by atoms with E-state index in [2.05, 4.69) is 6.58 Å². The van der Waals surface area contributed by atoms with Crippen LogP contribution in [0.25, 0.3) is 0 Å². The van der Waals surface area contributed by atoms with Crippen molar-refractivity contribution < 1.29 is 9.47 Å². The van der Waals surface area contributed by atoms with E-state index in [0.29, 0.717) is 6.61 Å². The number of rotatable bonds is 5. The van der Waals surface area contributed by atoms with Crippen LogP contribution in [0, 0.1) is 0 Å². The predicted octanol–water partition coefficient (Wildman–Crippen LogP) is 2.78. The van der Waals surface area contributed by atoms with Crippen LogP contribution in [-0.2, 0) is 4.74 Å². The minimum atomic E-state index is 0.476. The maximum Gasteiger partial charge on any atom is 0.119 e. The summed E-state index contributed by atoms with van der Waals surface area (Å²) in [7, 11) is 1.60. The van der Waals surface area contributed by atoms with Crippen LogP contribution >= 0.6 is 0 Å². The number of methoxy groups -OCH3 is 1. The Morgan fingerprint density at radius 2 is 2.07 bits per heavy atom. The van der Waals surface area contributed by atoms with Gasteiger partial charge < -0.3 is 9.47 Å². The van der Waals surface area contributed by atoms with E-state index < -0.39 is 0 Å². The molecule has 0 heterocycles. The molecule has 0 aliphatic rings. The molecule has 0 radical (unpaired) electrons. The first kappa shape index (κ1) is 10.4. The molecular formula is C12H14O2. The van der Waals surface area contributed by atoms with Gasteiger partial charge in [0.05, 0.1) is 13.4 Å². The fourth-order valence-electron chi connectivity index (χ4n) is 0.905. The number of para-hydroxylation sites is 1. The van der Waals surface area contributed by atoms with Crippen LogP contribution in [-0.4, -0.2) is 13.7 Å². The van der Waals surface area contributed by atoms with Gasteiger partial charge in [-0.25, -0.2) is 0 Å². The summed E-state index contributed by atoms with van der Waals surface area (Å²) in [5, 5.41) is 0. The van der Waals surface area contributed by atoms with Crippen molar-refractivity contribution in [3.63, 3.8) is 0 Å². The summed E-state index contributed by atoms with van der Waals surface area (Å²) in [5.41, 5.74) is 0.871. The number of benzene rings is 1. The second-order valence-electron chi connectivity index (χ2n) is 2.80. The molecule has 0 saturated carbocycles. The van der Waals surface area contributed by atoms with E-state index >= 15 is 0 Å². The average molecular weight is 190 g/mol. The Morgan fingerprint density at radius 3 is 2.71 bits per heavy atom. The first-order valence-electron chi connectivity index (χ1n) is 4.38. The third-order valence-electron chi connectivity index (χ3n) is 1.61. The molecule has 0 spiro atoms. The van der Waals surface area contributed by atoms with Crippen LogP contribution < -0.4 is 4.74 Å². The van der Waals surface area contributed by atoms with Gasteiger partial charge in [0.15, 0.2) is 0 Å². The van der Waals surface area contributed by atoms with E-state index in [1.54, 1.807) is 19.4 Å². The molecule has 0 aliphatic heterocycles. The summed E-state index contributed by atoms with van der Waals surface area (Å²) in [6.07, 6.45) is 3.36. The van der Waals surface area contributed by atoms with Crippen molar-refractivity contribution in [2.45, 2.75) is 0 Å². The zero-order chi connectivity index (χ0) is 10.2. The molecule has 0 fully saturated rings. The zero-order valence-corrected chi connectivity index (χ0v) is 8.27. The van der Waals surface area contributed by atoms with Crippen LogP contribution in [0.3, 0.4) is 0 Å². The first-order valence-corrected chi connectivity index (χ1v) is 4.38. The van der Waals surface area contributed by atoms with Gasteiger partial charge in [0, 0.05) is 0 Å². The van der Waals surface area contributed by atoms with Gasteiger partial charge in [0.25, 0.3) is 0 Å². The number of hydrogen-bond acceptors (Lipinski definition) is 2. The molecule has 1 aromatic carbocycles. The summed E-state index contributed by atoms with van der Waals surface area (Å²) in [4.78, 5) is 0. The highest BCUT2D eigenvalue weighted by molar-refractivity contribution is 5.22. The van der Waals surface area contributed by atoms with Crippen molar-refractivity contribution in [3.05, 3.63) is 54.8 Å². The zero-order valence-electron chi connectivity index (χ0n) is 8.27. The summed E-state index contributed by atoms with van der Waals surface area (Å²) in [6.45, 7) is 4.29. The third kappa shape index (κ3) is 3.81. The van der Waals surface area contributed by atoms with Crippen molar-refractivity contribution in [1.82, 2.24) is 0 Å². The Bertz CT molecular complexity index is 301. The molecule has 0 amide bonds. The van der Waals surface area contributed by atoms with Gasteiger partial charge in [-0.1, -0.05) is 24.8 Å². The van der Waals surface area contributed by atoms with E-state index in [4.69, 9.17) is 9.47 Å². The van der Waals surface area contributed by atoms with Crippen LogP contribution in [0.2, 0.25) is 0 Å². The summed E-state index contributed by atoms with van der Waals surface area (Å²) < 4.78 is 10.2. The second-order valence-corrected chi connectivity index (χ2v) is 2.80. The predicted molar refractivity (Wildman–Crippen MR) is 57.2 cm³/mol. The smallest absolute Gasteiger partial charge is 0.119 e. The molecule has 0 unspecified atom stereocenters. The lowest BCUT2D eigenvalue weighted by atomic mass is 10.3. The van der Waals surface area contributed by atoms with E-state index in [1.165, 1.54) is 0 Å². The molecule has 0 N–H and O–H groups in total. The fraction of sp³-hybridized carbons (Fsp3) is 0.167. The third-order valence-corrected chi connectivity index (χ3v) is 1.61. The number of ether oxygens (including phenoxy) is 2. The van der Waals surface area contributed by atoms with Crippen LogP contribution in [0.15, 0.2) is 54.8 Å². The summed E-state index contributed by atoms with van der Waals surface area (Å²) >= 11 is 0. The second kappa shape index (κ2) is 5.86. The molecule has 1 rings (SSSR count). The Kier molecular flexibility index (Phi) is 4.35. The summed E-state index contributed by atoms with van der Waals surface area (Å²) in [6, 6.07) is 9.64. The Balaban J connectivity index is 2.34. The van der Waals surface area contributed by atoms with Crippen molar-refractivity contribution in [3.8, 4) is 5.75 Å². The van der Waals surface area contributed by atoms with Gasteiger partial charge in [-0.3, -0.25) is 0 Å². The molecule has 1 aromatic rings. The minimum absolute atomic E-state index is 0.476. The molecule has 0 atom stereocenters. The highest BCUT2D eigenvalue weighted by atomic mass is 16.5. The molecular weight excluding hydrogens is 176 g/mol. The van der Waals surface area contributed by atoms with Gasteiger partial charge in [-0.2, -0.15) is 0 Å². The average Bonchev–Trinajstić information content (AvgIpc) is 2.25. The minimum Gasteiger partial charge on any atom is -0.504 e. The molecule has 74 valence electrons. The lowest BCUT2D eigenvalue weighted by Gasteiger charge is -2.04. The van der Waals surface area contributed by atoms with Crippen molar-refractivity contribution in [2.24, 2.45) is 0 Å². The van der Waals surface area contributed by atoms with Crippen LogP contribution in [0.4, 0.5) is 0 Å². The quantitative estimate of drug-likeness (QED) is 0.525. The molecule has 0 bridgehead atoms. The van der Waals surface area contributed by atoms with E-state index in [9.17, 15) is 0 Å². The SMILES string of the molecule is C=C(/C=C/OC)COc1ccccc1. The molecule has 0 saturated heterocycles. The Hall–Kier alpha value is -1.70. The van der Waals surface area contributed by atoms with Crippen LogP contribution in [0.5, 0.6) is 5.75 Å². The van der Waals surface area contributed by atoms with Gasteiger partial charge in [-0.05, 0) is 23.8 Å². The van der Waals surface area contributed by atoms with Crippen molar-refractivity contribution in [2.75, 3.05) is 13.7 Å². The number of hydrogen-bond donors (Lipinski definition) is 0. The van der Waals surface area contributed by atoms with E-state index in [1.807, 2.05) is 30.3 Å². The normalized spacial score (nSPS) is 10.1. The molecule has 0 aliphatic carbocycles. The molecule has 2 nitrogen and oxygen atoms in total. The largest absolute Gasteiger partial charge is 0.504 e. The summed E-state index contributed by atoms with van der Waals surface area (Å²) in [5.74, 6) is 0.847. The molecule has 2 heteroatoms.